The van der Waals surface area contributed by atoms with Crippen LogP contribution in [0.2, 0.25) is 0 Å². The molecular formula is C14H24N2S. The number of nitrogens with one attached hydrogen (secondary N) is 1. The summed E-state index contributed by atoms with van der Waals surface area (Å²) in [7, 11) is 0. The lowest BCUT2D eigenvalue weighted by molar-refractivity contribution is 0.590. The van der Waals surface area contributed by atoms with Crippen LogP contribution in [0.5, 0.6) is 0 Å². The fourth-order valence-electron chi connectivity index (χ4n) is 1.95. The molecule has 1 aliphatic carbocycles. The molecule has 1 aromatic heterocycles. The Bertz CT molecular complexity index is 364. The van der Waals surface area contributed by atoms with Gasteiger partial charge in [0.05, 0.1) is 10.7 Å². The molecule has 96 valence electrons. The molecule has 1 aliphatic rings. The summed E-state index contributed by atoms with van der Waals surface area (Å²) in [6.07, 6.45) is 3.82. The zero-order valence-electron chi connectivity index (χ0n) is 11.4. The third-order valence-electron chi connectivity index (χ3n) is 2.99. The van der Waals surface area contributed by atoms with Gasteiger partial charge in [0.15, 0.2) is 0 Å². The van der Waals surface area contributed by atoms with Crippen LogP contribution < -0.4 is 5.32 Å². The fourth-order valence-corrected chi connectivity index (χ4v) is 3.27. The quantitative estimate of drug-likeness (QED) is 0.834. The highest BCUT2D eigenvalue weighted by molar-refractivity contribution is 7.11. The number of aromatic nitrogens is 1. The molecule has 1 heterocycles. The standard InChI is InChI=1S/C14H24N2S/c1-9(2)7-13-16-14(11-5-6-11)12(17-13)8-15-10(3)4/h9-11,15H,5-8H2,1-4H3. The molecule has 0 saturated heterocycles. The van der Waals surface area contributed by atoms with E-state index in [0.29, 0.717) is 12.0 Å². The normalized spacial score (nSPS) is 16.1. The van der Waals surface area contributed by atoms with Gasteiger partial charge in [-0.1, -0.05) is 27.7 Å². The monoisotopic (exact) mass is 252 g/mol. The topological polar surface area (TPSA) is 24.9 Å². The lowest BCUT2D eigenvalue weighted by Gasteiger charge is -2.07. The van der Waals surface area contributed by atoms with Crippen LogP contribution in [-0.4, -0.2) is 11.0 Å². The molecule has 0 aliphatic heterocycles. The SMILES string of the molecule is CC(C)Cc1nc(C2CC2)c(CNC(C)C)s1. The molecule has 17 heavy (non-hydrogen) atoms. The minimum atomic E-state index is 0.553. The van der Waals surface area contributed by atoms with Gasteiger partial charge in [0.1, 0.15) is 0 Å². The van der Waals surface area contributed by atoms with Crippen LogP contribution in [0.15, 0.2) is 0 Å². The summed E-state index contributed by atoms with van der Waals surface area (Å²) in [4.78, 5) is 6.35. The van der Waals surface area contributed by atoms with Crippen molar-refractivity contribution in [3.8, 4) is 0 Å². The molecule has 0 aromatic carbocycles. The summed E-state index contributed by atoms with van der Waals surface area (Å²) >= 11 is 1.92. The molecule has 1 N–H and O–H groups in total. The molecular weight excluding hydrogens is 228 g/mol. The maximum Gasteiger partial charge on any atom is 0.0934 e. The highest BCUT2D eigenvalue weighted by atomic mass is 32.1. The lowest BCUT2D eigenvalue weighted by atomic mass is 10.1. The number of nitrogens with zero attached hydrogens (tertiary/aromatic N) is 1. The van der Waals surface area contributed by atoms with Gasteiger partial charge in [-0.15, -0.1) is 11.3 Å². The lowest BCUT2D eigenvalue weighted by Crippen LogP contribution is -2.21. The largest absolute Gasteiger partial charge is 0.310 e. The van der Waals surface area contributed by atoms with Gasteiger partial charge in [0.25, 0.3) is 0 Å². The highest BCUT2D eigenvalue weighted by Crippen LogP contribution is 2.42. The smallest absolute Gasteiger partial charge is 0.0934 e. The predicted octanol–water partition coefficient (Wildman–Crippen LogP) is 3.72. The van der Waals surface area contributed by atoms with Crippen molar-refractivity contribution in [1.82, 2.24) is 10.3 Å². The molecule has 0 unspecified atom stereocenters. The summed E-state index contributed by atoms with van der Waals surface area (Å²) in [5, 5.41) is 4.86. The van der Waals surface area contributed by atoms with Crippen molar-refractivity contribution in [2.75, 3.05) is 0 Å². The van der Waals surface area contributed by atoms with Crippen LogP contribution in [0.4, 0.5) is 0 Å². The van der Waals surface area contributed by atoms with Crippen LogP contribution >= 0.6 is 11.3 Å². The molecule has 0 amide bonds. The van der Waals surface area contributed by atoms with E-state index in [1.165, 1.54) is 28.4 Å². The number of hydrogen-bond acceptors (Lipinski definition) is 3. The first-order valence-electron chi connectivity index (χ1n) is 6.78. The average Bonchev–Trinajstić information content (AvgIpc) is 2.98. The van der Waals surface area contributed by atoms with Gasteiger partial charge < -0.3 is 5.32 Å². The van der Waals surface area contributed by atoms with E-state index in [4.69, 9.17) is 4.98 Å². The van der Waals surface area contributed by atoms with Crippen molar-refractivity contribution >= 4 is 11.3 Å². The van der Waals surface area contributed by atoms with Gasteiger partial charge in [0.2, 0.25) is 0 Å². The number of thiazole rings is 1. The summed E-state index contributed by atoms with van der Waals surface area (Å²) < 4.78 is 0. The van der Waals surface area contributed by atoms with Crippen molar-refractivity contribution in [2.24, 2.45) is 5.92 Å². The van der Waals surface area contributed by atoms with Gasteiger partial charge in [-0.25, -0.2) is 4.98 Å². The molecule has 1 saturated carbocycles. The molecule has 1 fully saturated rings. The van der Waals surface area contributed by atoms with E-state index in [1.54, 1.807) is 0 Å². The summed E-state index contributed by atoms with van der Waals surface area (Å²) in [5.74, 6) is 1.48. The zero-order chi connectivity index (χ0) is 12.4. The van der Waals surface area contributed by atoms with Crippen molar-refractivity contribution < 1.29 is 0 Å². The van der Waals surface area contributed by atoms with Crippen molar-refractivity contribution in [1.29, 1.82) is 0 Å². The second-order valence-electron chi connectivity index (χ2n) is 5.82. The number of hydrogen-bond donors (Lipinski definition) is 1. The van der Waals surface area contributed by atoms with E-state index in [0.717, 1.165) is 18.9 Å². The zero-order valence-corrected chi connectivity index (χ0v) is 12.2. The fraction of sp³-hybridized carbons (Fsp3) is 0.786. The third-order valence-corrected chi connectivity index (χ3v) is 4.08. The first-order chi connectivity index (χ1) is 8.06. The van der Waals surface area contributed by atoms with Gasteiger partial charge in [-0.05, 0) is 18.8 Å². The molecule has 0 bridgehead atoms. The van der Waals surface area contributed by atoms with Gasteiger partial charge in [-0.2, -0.15) is 0 Å². The van der Waals surface area contributed by atoms with E-state index >= 15 is 0 Å². The van der Waals surface area contributed by atoms with Crippen LogP contribution in [-0.2, 0) is 13.0 Å². The summed E-state index contributed by atoms with van der Waals surface area (Å²) in [6.45, 7) is 9.94. The maximum atomic E-state index is 4.87. The minimum Gasteiger partial charge on any atom is -0.310 e. The van der Waals surface area contributed by atoms with E-state index in [-0.39, 0.29) is 0 Å². The Balaban J connectivity index is 2.08. The van der Waals surface area contributed by atoms with E-state index in [1.807, 2.05) is 11.3 Å². The average molecular weight is 252 g/mol. The van der Waals surface area contributed by atoms with Gasteiger partial charge in [0, 0.05) is 29.8 Å². The first kappa shape index (κ1) is 13.0. The number of rotatable bonds is 6. The highest BCUT2D eigenvalue weighted by Gasteiger charge is 2.29. The molecule has 1 aromatic rings. The Kier molecular flexibility index (Phi) is 4.21. The van der Waals surface area contributed by atoms with Gasteiger partial charge >= 0.3 is 0 Å². The minimum absolute atomic E-state index is 0.553. The second kappa shape index (κ2) is 5.49. The Hall–Kier alpha value is -0.410. The van der Waals surface area contributed by atoms with Crippen molar-refractivity contribution in [3.05, 3.63) is 15.6 Å². The Labute approximate surface area is 109 Å². The Morgan fingerprint density at radius 1 is 1.29 bits per heavy atom. The molecule has 0 radical (unpaired) electrons. The third kappa shape index (κ3) is 3.78. The van der Waals surface area contributed by atoms with E-state index in [9.17, 15) is 0 Å². The van der Waals surface area contributed by atoms with Gasteiger partial charge in [-0.3, -0.25) is 0 Å². The van der Waals surface area contributed by atoms with Crippen molar-refractivity contribution in [2.45, 2.75) is 65.5 Å². The summed E-state index contributed by atoms with van der Waals surface area (Å²) in [5.41, 5.74) is 1.40. The predicted molar refractivity (Wildman–Crippen MR) is 74.6 cm³/mol. The van der Waals surface area contributed by atoms with E-state index < -0.39 is 0 Å². The maximum absolute atomic E-state index is 4.87. The molecule has 2 rings (SSSR count). The Morgan fingerprint density at radius 3 is 2.53 bits per heavy atom. The molecule has 2 nitrogen and oxygen atoms in total. The van der Waals surface area contributed by atoms with Crippen LogP contribution in [0.1, 0.15) is 62.0 Å². The molecule has 0 spiro atoms. The summed E-state index contributed by atoms with van der Waals surface area (Å²) in [6, 6.07) is 0.553. The van der Waals surface area contributed by atoms with Crippen LogP contribution in [0.25, 0.3) is 0 Å². The van der Waals surface area contributed by atoms with Crippen LogP contribution in [0, 0.1) is 5.92 Å². The Morgan fingerprint density at radius 2 is 2.00 bits per heavy atom. The van der Waals surface area contributed by atoms with Crippen LogP contribution in [0.3, 0.4) is 0 Å². The second-order valence-corrected chi connectivity index (χ2v) is 6.99. The molecule has 3 heteroatoms. The van der Waals surface area contributed by atoms with E-state index in [2.05, 4.69) is 33.0 Å². The van der Waals surface area contributed by atoms with Crippen molar-refractivity contribution in [3.63, 3.8) is 0 Å². The first-order valence-corrected chi connectivity index (χ1v) is 7.59. The molecule has 0 atom stereocenters.